The summed E-state index contributed by atoms with van der Waals surface area (Å²) in [5.41, 5.74) is 0.520. The van der Waals surface area contributed by atoms with E-state index >= 15 is 0 Å². The SMILES string of the molecule is C=C/N=C1/NC(C(C)(F)CF)=C/C1=C\c1nc(NC2CCCCC2)c2c(C3CC3)cncc2n1. The number of nitrogens with one attached hydrogen (secondary N) is 2. The number of fused-ring (bicyclic) bond motifs is 1. The van der Waals surface area contributed by atoms with E-state index in [1.54, 1.807) is 18.3 Å². The minimum atomic E-state index is -2.14. The van der Waals surface area contributed by atoms with Gasteiger partial charge < -0.3 is 10.6 Å². The Morgan fingerprint density at radius 3 is 2.71 bits per heavy atom. The number of aromatic nitrogens is 3. The Morgan fingerprint density at radius 1 is 1.21 bits per heavy atom. The lowest BCUT2D eigenvalue weighted by molar-refractivity contribution is 0.179. The molecule has 2 saturated carbocycles. The molecule has 3 aliphatic rings. The normalized spacial score (nSPS) is 23.1. The zero-order chi connectivity index (χ0) is 23.7. The smallest absolute Gasteiger partial charge is 0.175 e. The second-order valence-electron chi connectivity index (χ2n) is 9.58. The summed E-state index contributed by atoms with van der Waals surface area (Å²) in [6.45, 7) is 3.69. The summed E-state index contributed by atoms with van der Waals surface area (Å²) in [5, 5.41) is 7.61. The first-order valence-electron chi connectivity index (χ1n) is 12.1. The molecular weight excluding hydrogens is 434 g/mol. The molecule has 0 aromatic carbocycles. The van der Waals surface area contributed by atoms with Gasteiger partial charge in [0, 0.05) is 29.4 Å². The molecule has 2 fully saturated rings. The summed E-state index contributed by atoms with van der Waals surface area (Å²) in [7, 11) is 0. The molecule has 0 radical (unpaired) electrons. The van der Waals surface area contributed by atoms with Crippen molar-refractivity contribution in [2.45, 2.75) is 69.5 Å². The van der Waals surface area contributed by atoms with Crippen LogP contribution in [0.2, 0.25) is 0 Å². The van der Waals surface area contributed by atoms with Gasteiger partial charge in [-0.15, -0.1) is 0 Å². The molecular formula is C26H30F2N6. The topological polar surface area (TPSA) is 75.1 Å². The number of nitrogens with zero attached hydrogens (tertiary/aromatic N) is 4. The maximum absolute atomic E-state index is 14.6. The van der Waals surface area contributed by atoms with E-state index in [4.69, 9.17) is 9.97 Å². The molecule has 0 spiro atoms. The number of amidine groups is 1. The minimum Gasteiger partial charge on any atom is -0.367 e. The Morgan fingerprint density at radius 2 is 2.00 bits per heavy atom. The van der Waals surface area contributed by atoms with E-state index in [0.29, 0.717) is 29.2 Å². The number of halogens is 2. The minimum absolute atomic E-state index is 0.112. The van der Waals surface area contributed by atoms with Crippen molar-refractivity contribution < 1.29 is 8.78 Å². The van der Waals surface area contributed by atoms with E-state index in [0.717, 1.165) is 42.4 Å². The van der Waals surface area contributed by atoms with Crippen LogP contribution in [0.1, 0.15) is 69.2 Å². The molecule has 1 unspecified atom stereocenters. The zero-order valence-electron chi connectivity index (χ0n) is 19.5. The molecule has 2 aliphatic carbocycles. The van der Waals surface area contributed by atoms with Gasteiger partial charge in [-0.25, -0.2) is 23.7 Å². The third-order valence-electron chi connectivity index (χ3n) is 6.76. The molecule has 2 aromatic heterocycles. The van der Waals surface area contributed by atoms with Crippen molar-refractivity contribution in [1.82, 2.24) is 20.3 Å². The van der Waals surface area contributed by atoms with Crippen molar-refractivity contribution in [2.24, 2.45) is 4.99 Å². The van der Waals surface area contributed by atoms with Gasteiger partial charge >= 0.3 is 0 Å². The van der Waals surface area contributed by atoms with Crippen molar-refractivity contribution in [2.75, 3.05) is 12.0 Å². The number of alkyl halides is 2. The highest BCUT2D eigenvalue weighted by Gasteiger charge is 2.34. The predicted octanol–water partition coefficient (Wildman–Crippen LogP) is 5.76. The number of hydrogen-bond acceptors (Lipinski definition) is 5. The molecule has 0 amide bonds. The summed E-state index contributed by atoms with van der Waals surface area (Å²) in [5.74, 6) is 2.18. The third-order valence-corrected chi connectivity index (χ3v) is 6.76. The van der Waals surface area contributed by atoms with Gasteiger partial charge in [0.15, 0.2) is 11.5 Å². The molecule has 2 aromatic rings. The van der Waals surface area contributed by atoms with Crippen molar-refractivity contribution >= 4 is 28.6 Å². The van der Waals surface area contributed by atoms with Gasteiger partial charge in [-0.05, 0) is 56.2 Å². The molecule has 1 atom stereocenters. The van der Waals surface area contributed by atoms with E-state index in [9.17, 15) is 8.78 Å². The van der Waals surface area contributed by atoms with Crippen LogP contribution in [-0.4, -0.2) is 39.2 Å². The van der Waals surface area contributed by atoms with Crippen LogP contribution in [0.3, 0.4) is 0 Å². The highest BCUT2D eigenvalue weighted by atomic mass is 19.2. The Bertz CT molecular complexity index is 1190. The first kappa shape index (κ1) is 22.6. The number of hydrogen-bond donors (Lipinski definition) is 2. The summed E-state index contributed by atoms with van der Waals surface area (Å²) in [4.78, 5) is 18.3. The zero-order valence-corrected chi connectivity index (χ0v) is 19.5. The molecule has 0 bridgehead atoms. The van der Waals surface area contributed by atoms with Crippen molar-refractivity contribution in [3.8, 4) is 0 Å². The molecule has 5 rings (SSSR count). The molecule has 8 heteroatoms. The largest absolute Gasteiger partial charge is 0.367 e. The van der Waals surface area contributed by atoms with Crippen LogP contribution in [0, 0.1) is 0 Å². The maximum Gasteiger partial charge on any atom is 0.175 e. The summed E-state index contributed by atoms with van der Waals surface area (Å²) >= 11 is 0. The van der Waals surface area contributed by atoms with Crippen molar-refractivity contribution in [3.63, 3.8) is 0 Å². The molecule has 178 valence electrons. The Hall–Kier alpha value is -3.16. The Labute approximate surface area is 198 Å². The van der Waals surface area contributed by atoms with Gasteiger partial charge in [-0.2, -0.15) is 0 Å². The van der Waals surface area contributed by atoms with E-state index < -0.39 is 12.3 Å². The third kappa shape index (κ3) is 4.58. The van der Waals surface area contributed by atoms with Gasteiger partial charge in [-0.3, -0.25) is 4.98 Å². The lowest BCUT2D eigenvalue weighted by atomic mass is 9.95. The number of aliphatic imine (C=N–C) groups is 1. The molecule has 34 heavy (non-hydrogen) atoms. The fourth-order valence-corrected chi connectivity index (χ4v) is 4.70. The summed E-state index contributed by atoms with van der Waals surface area (Å²) in [6.07, 6.45) is 16.6. The van der Waals surface area contributed by atoms with Gasteiger partial charge in [0.05, 0.1) is 17.4 Å². The number of allylic oxidation sites excluding steroid dienone is 1. The van der Waals surface area contributed by atoms with Crippen LogP contribution < -0.4 is 10.6 Å². The van der Waals surface area contributed by atoms with Crippen molar-refractivity contribution in [3.05, 3.63) is 53.9 Å². The van der Waals surface area contributed by atoms with Gasteiger partial charge in [0.1, 0.15) is 18.3 Å². The second kappa shape index (κ2) is 9.24. The van der Waals surface area contributed by atoms with Crippen LogP contribution in [0.5, 0.6) is 0 Å². The van der Waals surface area contributed by atoms with E-state index in [2.05, 4.69) is 27.2 Å². The fourth-order valence-electron chi connectivity index (χ4n) is 4.70. The maximum atomic E-state index is 14.6. The molecule has 0 saturated heterocycles. The van der Waals surface area contributed by atoms with Crippen LogP contribution in [0.25, 0.3) is 17.0 Å². The predicted molar refractivity (Wildman–Crippen MR) is 132 cm³/mol. The number of rotatable bonds is 7. The average molecular weight is 465 g/mol. The second-order valence-corrected chi connectivity index (χ2v) is 9.58. The summed E-state index contributed by atoms with van der Waals surface area (Å²) < 4.78 is 27.9. The first-order valence-corrected chi connectivity index (χ1v) is 12.1. The van der Waals surface area contributed by atoms with Crippen LogP contribution >= 0.6 is 0 Å². The highest BCUT2D eigenvalue weighted by molar-refractivity contribution is 6.08. The Kier molecular flexibility index (Phi) is 6.15. The van der Waals surface area contributed by atoms with Crippen LogP contribution in [-0.2, 0) is 0 Å². The van der Waals surface area contributed by atoms with E-state index in [1.807, 2.05) is 6.20 Å². The standard InChI is InChI=1S/C26H30F2N6/c1-3-30-24-17(11-21(33-24)26(2,28)15-27)12-22-32-20-14-29-13-19(16-9-10-16)23(20)25(34-22)31-18-7-5-4-6-8-18/h3,11-14,16,18H,1,4-10,15H2,2H3,(H,30,33)(H,31,32,34)/b17-12+. The monoisotopic (exact) mass is 464 g/mol. The lowest BCUT2D eigenvalue weighted by Gasteiger charge is -2.24. The van der Waals surface area contributed by atoms with Gasteiger partial charge in [0.2, 0.25) is 0 Å². The van der Waals surface area contributed by atoms with E-state index in [-0.39, 0.29) is 5.70 Å². The molecule has 1 aliphatic heterocycles. The van der Waals surface area contributed by atoms with Gasteiger partial charge in [0.25, 0.3) is 0 Å². The van der Waals surface area contributed by atoms with Gasteiger partial charge in [-0.1, -0.05) is 25.8 Å². The van der Waals surface area contributed by atoms with Crippen molar-refractivity contribution in [1.29, 1.82) is 0 Å². The number of anilines is 1. The fraction of sp³-hybridized carbons (Fsp3) is 0.462. The highest BCUT2D eigenvalue weighted by Crippen LogP contribution is 2.44. The Balaban J connectivity index is 1.60. The molecule has 6 nitrogen and oxygen atoms in total. The quantitative estimate of drug-likeness (QED) is 0.545. The summed E-state index contributed by atoms with van der Waals surface area (Å²) in [6, 6.07) is 0.377. The average Bonchev–Trinajstić information content (AvgIpc) is 3.61. The first-order chi connectivity index (χ1) is 16.5. The molecule has 2 N–H and O–H groups in total. The van der Waals surface area contributed by atoms with Crippen LogP contribution in [0.4, 0.5) is 14.6 Å². The lowest BCUT2D eigenvalue weighted by Crippen LogP contribution is -2.32. The van der Waals surface area contributed by atoms with E-state index in [1.165, 1.54) is 37.9 Å². The molecule has 3 heterocycles. The number of pyridine rings is 1. The van der Waals surface area contributed by atoms with Crippen LogP contribution in [0.15, 0.2) is 47.5 Å².